The molecule has 6 nitrogen and oxygen atoms in total. The summed E-state index contributed by atoms with van der Waals surface area (Å²) < 4.78 is 6.21. The van der Waals surface area contributed by atoms with Crippen LogP contribution in [0.15, 0.2) is 84.9 Å². The molecule has 1 N–H and O–H groups in total. The molecule has 2 heterocycles. The van der Waals surface area contributed by atoms with E-state index in [2.05, 4.69) is 26.1 Å². The molecule has 156 valence electrons. The Morgan fingerprint density at radius 3 is 2.77 bits per heavy atom. The van der Waals surface area contributed by atoms with Crippen LogP contribution in [0.4, 0.5) is 0 Å². The highest BCUT2D eigenvalue weighted by Gasteiger charge is 2.34. The fourth-order valence-electron chi connectivity index (χ4n) is 2.93. The lowest BCUT2D eigenvalue weighted by Crippen LogP contribution is -2.28. The number of thioether (sulfide) groups is 1. The highest BCUT2D eigenvalue weighted by molar-refractivity contribution is 9.10. The average Bonchev–Trinajstić information content (AvgIpc) is 3.36. The van der Waals surface area contributed by atoms with Crippen LogP contribution in [-0.4, -0.2) is 27.3 Å². The molecule has 0 spiro atoms. The maximum absolute atomic E-state index is 13.1. The number of rotatable bonds is 5. The molecule has 4 rings (SSSR count). The first-order chi connectivity index (χ1) is 15.0. The van der Waals surface area contributed by atoms with Crippen molar-refractivity contribution in [3.63, 3.8) is 0 Å². The first kappa shape index (κ1) is 21.1. The second kappa shape index (κ2) is 9.36. The fraction of sp³-hybridized carbons (Fsp3) is 0.0870. The van der Waals surface area contributed by atoms with Gasteiger partial charge in [-0.25, -0.2) is 0 Å². The van der Waals surface area contributed by atoms with Crippen LogP contribution >= 0.6 is 27.7 Å². The maximum Gasteiger partial charge on any atom is 0.267 e. The molecule has 0 saturated carbocycles. The van der Waals surface area contributed by atoms with Crippen LogP contribution in [0.2, 0.25) is 0 Å². The minimum atomic E-state index is -0.231. The number of hydrogen-bond donors (Lipinski definition) is 1. The summed E-state index contributed by atoms with van der Waals surface area (Å²) in [6.45, 7) is 2.23. The van der Waals surface area contributed by atoms with E-state index in [4.69, 9.17) is 4.42 Å². The van der Waals surface area contributed by atoms with Crippen LogP contribution in [0.25, 0.3) is 6.08 Å². The Labute approximate surface area is 192 Å². The predicted molar refractivity (Wildman–Crippen MR) is 127 cm³/mol. The van der Waals surface area contributed by atoms with Crippen molar-refractivity contribution in [3.05, 3.63) is 92.7 Å². The van der Waals surface area contributed by atoms with E-state index in [-0.39, 0.29) is 18.2 Å². The van der Waals surface area contributed by atoms with Gasteiger partial charge in [-0.15, -0.1) is 5.10 Å². The van der Waals surface area contributed by atoms with Gasteiger partial charge in [0.25, 0.3) is 5.91 Å². The zero-order valence-electron chi connectivity index (χ0n) is 16.5. The van der Waals surface area contributed by atoms with Crippen LogP contribution in [-0.2, 0) is 11.3 Å². The Hall–Kier alpha value is -3.10. The molecule has 1 fully saturated rings. The molecule has 0 atom stereocenters. The van der Waals surface area contributed by atoms with Crippen molar-refractivity contribution in [3.8, 4) is 5.75 Å². The lowest BCUT2D eigenvalue weighted by atomic mass is 10.1. The molecule has 1 saturated heterocycles. The molecule has 1 aromatic heterocycles. The zero-order chi connectivity index (χ0) is 21.8. The van der Waals surface area contributed by atoms with Gasteiger partial charge in [-0.1, -0.05) is 40.2 Å². The van der Waals surface area contributed by atoms with Crippen molar-refractivity contribution in [1.82, 2.24) is 4.90 Å². The summed E-state index contributed by atoms with van der Waals surface area (Å²) >= 11 is 4.59. The van der Waals surface area contributed by atoms with Crippen LogP contribution in [0.5, 0.6) is 5.75 Å². The normalized spacial score (nSPS) is 16.8. The maximum atomic E-state index is 13.1. The molecule has 1 aliphatic rings. The number of amides is 1. The van der Waals surface area contributed by atoms with Gasteiger partial charge in [-0.2, -0.15) is 5.10 Å². The van der Waals surface area contributed by atoms with Gasteiger partial charge in [0.1, 0.15) is 11.5 Å². The van der Waals surface area contributed by atoms with E-state index >= 15 is 0 Å². The monoisotopic (exact) mass is 495 g/mol. The SMILES string of the molecule is Cc1ccccc1/C=N\N=C1\S/C(=C\c2cc(Br)ccc2O)C(=O)N1Cc1ccco1. The quantitative estimate of drug-likeness (QED) is 0.285. The third-order valence-electron chi connectivity index (χ3n) is 4.59. The standard InChI is InChI=1S/C23H18BrN3O3S/c1-15-5-2-3-6-16(15)13-25-26-23-27(14-19-7-4-10-30-19)22(29)21(31-23)12-17-11-18(24)8-9-20(17)28/h2-13,28H,14H2,1H3/b21-12-,25-13-,26-23+. The molecular formula is C23H18BrN3O3S. The minimum absolute atomic E-state index is 0.0876. The lowest BCUT2D eigenvalue weighted by Gasteiger charge is -2.12. The number of phenols is 1. The summed E-state index contributed by atoms with van der Waals surface area (Å²) in [5.41, 5.74) is 2.57. The Morgan fingerprint density at radius 2 is 2.00 bits per heavy atom. The average molecular weight is 496 g/mol. The number of benzene rings is 2. The van der Waals surface area contributed by atoms with E-state index in [1.165, 1.54) is 16.7 Å². The summed E-state index contributed by atoms with van der Waals surface area (Å²) in [5.74, 6) is 0.492. The molecule has 0 bridgehead atoms. The number of furan rings is 1. The van der Waals surface area contributed by atoms with Crippen molar-refractivity contribution in [2.45, 2.75) is 13.5 Å². The summed E-state index contributed by atoms with van der Waals surface area (Å²) in [4.78, 5) is 15.0. The van der Waals surface area contributed by atoms with Crippen molar-refractivity contribution >= 4 is 51.1 Å². The van der Waals surface area contributed by atoms with Crippen molar-refractivity contribution in [2.75, 3.05) is 0 Å². The first-order valence-corrected chi connectivity index (χ1v) is 11.0. The summed E-state index contributed by atoms with van der Waals surface area (Å²) in [7, 11) is 0. The van der Waals surface area contributed by atoms with Crippen LogP contribution in [0.3, 0.4) is 0 Å². The van der Waals surface area contributed by atoms with Crippen LogP contribution in [0, 0.1) is 6.92 Å². The number of halogens is 1. The van der Waals surface area contributed by atoms with E-state index < -0.39 is 0 Å². The number of nitrogens with zero attached hydrogens (tertiary/aromatic N) is 3. The first-order valence-electron chi connectivity index (χ1n) is 9.40. The third kappa shape index (κ3) is 4.98. The molecule has 0 aliphatic carbocycles. The van der Waals surface area contributed by atoms with Crippen LogP contribution in [0.1, 0.15) is 22.5 Å². The molecule has 3 aromatic rings. The molecule has 0 radical (unpaired) electrons. The van der Waals surface area contributed by atoms with Crippen molar-refractivity contribution in [1.29, 1.82) is 0 Å². The highest BCUT2D eigenvalue weighted by Crippen LogP contribution is 2.35. The minimum Gasteiger partial charge on any atom is -0.507 e. The summed E-state index contributed by atoms with van der Waals surface area (Å²) in [5, 5.41) is 19.1. The number of amidine groups is 1. The number of phenolic OH excluding ortho intramolecular Hbond substituents is 1. The van der Waals surface area contributed by atoms with Gasteiger partial charge in [0.05, 0.1) is 23.9 Å². The van der Waals surface area contributed by atoms with Gasteiger partial charge in [-0.05, 0) is 66.2 Å². The smallest absolute Gasteiger partial charge is 0.267 e. The van der Waals surface area contributed by atoms with Crippen LogP contribution < -0.4 is 0 Å². The van der Waals surface area contributed by atoms with Gasteiger partial charge >= 0.3 is 0 Å². The van der Waals surface area contributed by atoms with E-state index in [0.717, 1.165) is 15.6 Å². The molecular weight excluding hydrogens is 478 g/mol. The number of carbonyl (C=O) groups excluding carboxylic acids is 1. The topological polar surface area (TPSA) is 78.4 Å². The molecule has 8 heteroatoms. The van der Waals surface area contributed by atoms with Crippen molar-refractivity contribution < 1.29 is 14.3 Å². The number of hydrogen-bond acceptors (Lipinski definition) is 6. The molecule has 1 amide bonds. The van der Waals surface area contributed by atoms with Gasteiger partial charge in [0.2, 0.25) is 0 Å². The zero-order valence-corrected chi connectivity index (χ0v) is 18.9. The van der Waals surface area contributed by atoms with Gasteiger partial charge < -0.3 is 9.52 Å². The molecule has 0 unspecified atom stereocenters. The molecule has 31 heavy (non-hydrogen) atoms. The Bertz CT molecular complexity index is 1200. The summed E-state index contributed by atoms with van der Waals surface area (Å²) in [6, 6.07) is 16.5. The van der Waals surface area contributed by atoms with E-state index in [0.29, 0.717) is 21.4 Å². The molecule has 1 aliphatic heterocycles. The number of carbonyl (C=O) groups is 1. The Kier molecular flexibility index (Phi) is 6.39. The summed E-state index contributed by atoms with van der Waals surface area (Å²) in [6.07, 6.45) is 4.88. The van der Waals surface area contributed by atoms with Gasteiger partial charge in [0.15, 0.2) is 5.17 Å². The number of aromatic hydroxyl groups is 1. The van der Waals surface area contributed by atoms with E-state index in [1.54, 1.807) is 48.9 Å². The van der Waals surface area contributed by atoms with Gasteiger partial charge in [0, 0.05) is 10.0 Å². The largest absolute Gasteiger partial charge is 0.507 e. The van der Waals surface area contributed by atoms with Crippen molar-refractivity contribution in [2.24, 2.45) is 10.2 Å². The molecule has 2 aromatic carbocycles. The number of aryl methyl sites for hydroxylation is 1. The lowest BCUT2D eigenvalue weighted by molar-refractivity contribution is -0.122. The fourth-order valence-corrected chi connectivity index (χ4v) is 4.24. The van der Waals surface area contributed by atoms with Gasteiger partial charge in [-0.3, -0.25) is 9.69 Å². The third-order valence-corrected chi connectivity index (χ3v) is 6.08. The van der Waals surface area contributed by atoms with E-state index in [1.807, 2.05) is 31.2 Å². The van der Waals surface area contributed by atoms with E-state index in [9.17, 15) is 9.90 Å². The Balaban J connectivity index is 1.66. The highest BCUT2D eigenvalue weighted by atomic mass is 79.9. The second-order valence-corrected chi connectivity index (χ2v) is 8.69. The predicted octanol–water partition coefficient (Wildman–Crippen LogP) is 5.56. The second-order valence-electron chi connectivity index (χ2n) is 6.77. The Morgan fingerprint density at radius 1 is 1.16 bits per heavy atom.